The average Bonchev–Trinajstić information content (AvgIpc) is 2.88. The zero-order valence-corrected chi connectivity index (χ0v) is 26.9. The van der Waals surface area contributed by atoms with Gasteiger partial charge < -0.3 is 35.4 Å². The van der Waals surface area contributed by atoms with Crippen molar-refractivity contribution in [3.63, 3.8) is 0 Å². The molecule has 0 fully saturated rings. The van der Waals surface area contributed by atoms with Crippen molar-refractivity contribution in [2.75, 3.05) is 48.1 Å². The molecule has 0 bridgehead atoms. The Morgan fingerprint density at radius 2 is 1.49 bits per heavy atom. The van der Waals surface area contributed by atoms with Crippen molar-refractivity contribution in [3.05, 3.63) is 60.3 Å². The summed E-state index contributed by atoms with van der Waals surface area (Å²) in [5.41, 5.74) is 5.58. The Labute approximate surface area is 255 Å². The van der Waals surface area contributed by atoms with Crippen LogP contribution >= 0.6 is 79.6 Å². The van der Waals surface area contributed by atoms with E-state index in [-0.39, 0.29) is 11.6 Å². The summed E-state index contributed by atoms with van der Waals surface area (Å²) in [5.74, 6) is 2.59. The summed E-state index contributed by atoms with van der Waals surface area (Å²) >= 11 is 16.0. The van der Waals surface area contributed by atoms with E-state index in [1.165, 1.54) is 6.07 Å². The largest absolute Gasteiger partial charge is 0.489 e. The van der Waals surface area contributed by atoms with Crippen LogP contribution in [0.3, 0.4) is 0 Å². The Morgan fingerprint density at radius 1 is 0.919 bits per heavy atom. The molecule has 3 aromatic heterocycles. The highest BCUT2D eigenvalue weighted by Crippen LogP contribution is 2.27. The molecular formula is C21H21Br5N6O5. The fraction of sp³-hybridized carbons (Fsp3) is 0.286. The van der Waals surface area contributed by atoms with E-state index in [1.54, 1.807) is 18.2 Å². The van der Waals surface area contributed by atoms with Gasteiger partial charge in [0.15, 0.2) is 23.1 Å². The van der Waals surface area contributed by atoms with Crippen LogP contribution in [0.4, 0.5) is 17.5 Å². The van der Waals surface area contributed by atoms with Crippen molar-refractivity contribution in [2.24, 2.45) is 0 Å². The minimum Gasteiger partial charge on any atom is -0.489 e. The number of hydrogen-bond donors (Lipinski definition) is 2. The summed E-state index contributed by atoms with van der Waals surface area (Å²) in [5, 5.41) is 15.1. The predicted octanol–water partition coefficient (Wildman–Crippen LogP) is 6.37. The van der Waals surface area contributed by atoms with E-state index in [9.17, 15) is 10.1 Å². The van der Waals surface area contributed by atoms with E-state index in [2.05, 4.69) is 99.9 Å². The van der Waals surface area contributed by atoms with Gasteiger partial charge in [-0.05, 0) is 72.1 Å². The SMILES string of the molecule is Brc1ccc2c(n1)NCCO2.Nc1nc(Br)ccc1OCCBr.O=[N+]([O-])c1nc(Br)ccc1OCCBr. The first-order valence-corrected chi connectivity index (χ1v) is 15.0. The Kier molecular flexibility index (Phi) is 14.4. The zero-order chi connectivity index (χ0) is 27.2. The average molecular weight is 837 g/mol. The third kappa shape index (κ3) is 11.3. The van der Waals surface area contributed by atoms with Crippen LogP contribution in [0.25, 0.3) is 0 Å². The number of nitro groups is 1. The molecule has 0 aliphatic carbocycles. The Balaban J connectivity index is 0.000000196. The van der Waals surface area contributed by atoms with Crippen LogP contribution in [0, 0.1) is 10.1 Å². The normalized spacial score (nSPS) is 11.3. The number of rotatable bonds is 7. The summed E-state index contributed by atoms with van der Waals surface area (Å²) in [6.07, 6.45) is 0. The fourth-order valence-electron chi connectivity index (χ4n) is 2.51. The summed E-state index contributed by atoms with van der Waals surface area (Å²) in [6, 6.07) is 10.5. The first kappa shape index (κ1) is 31.5. The maximum absolute atomic E-state index is 10.6. The predicted molar refractivity (Wildman–Crippen MR) is 159 cm³/mol. The van der Waals surface area contributed by atoms with Gasteiger partial charge in [-0.2, -0.15) is 0 Å². The number of nitrogens with zero attached hydrogens (tertiary/aromatic N) is 4. The van der Waals surface area contributed by atoms with Gasteiger partial charge in [-0.3, -0.25) is 0 Å². The van der Waals surface area contributed by atoms with Gasteiger partial charge in [-0.1, -0.05) is 31.9 Å². The van der Waals surface area contributed by atoms with Gasteiger partial charge in [0.1, 0.15) is 15.8 Å². The molecule has 11 nitrogen and oxygen atoms in total. The molecule has 0 saturated heterocycles. The molecule has 1 aliphatic rings. The highest BCUT2D eigenvalue weighted by molar-refractivity contribution is 9.11. The van der Waals surface area contributed by atoms with Gasteiger partial charge in [0.05, 0.1) is 19.8 Å². The molecule has 0 aromatic carbocycles. The van der Waals surface area contributed by atoms with Crippen LogP contribution in [-0.4, -0.2) is 56.9 Å². The fourth-order valence-corrected chi connectivity index (χ4v) is 3.77. The van der Waals surface area contributed by atoms with Gasteiger partial charge >= 0.3 is 5.82 Å². The number of hydrogen-bond acceptors (Lipinski definition) is 10. The van der Waals surface area contributed by atoms with Crippen LogP contribution in [0.1, 0.15) is 0 Å². The number of pyridine rings is 3. The van der Waals surface area contributed by atoms with E-state index in [1.807, 2.05) is 12.1 Å². The van der Waals surface area contributed by atoms with Crippen LogP contribution in [0.5, 0.6) is 17.2 Å². The second kappa shape index (κ2) is 17.0. The summed E-state index contributed by atoms with van der Waals surface area (Å²) < 4.78 is 17.7. The van der Waals surface area contributed by atoms with Crippen molar-refractivity contribution < 1.29 is 19.1 Å². The molecule has 37 heavy (non-hydrogen) atoms. The van der Waals surface area contributed by atoms with E-state index < -0.39 is 4.92 Å². The summed E-state index contributed by atoms with van der Waals surface area (Å²) in [6.45, 7) is 2.50. The maximum atomic E-state index is 10.6. The van der Waals surface area contributed by atoms with E-state index in [4.69, 9.17) is 19.9 Å². The Morgan fingerprint density at radius 3 is 2.11 bits per heavy atom. The third-order valence-corrected chi connectivity index (χ3v) is 5.95. The lowest BCUT2D eigenvalue weighted by molar-refractivity contribution is -0.390. The third-order valence-electron chi connectivity index (χ3n) is 3.98. The number of alkyl halides is 2. The molecule has 0 atom stereocenters. The molecule has 1 aliphatic heterocycles. The van der Waals surface area contributed by atoms with Crippen LogP contribution < -0.4 is 25.3 Å². The van der Waals surface area contributed by atoms with Crippen molar-refractivity contribution in [3.8, 4) is 17.2 Å². The van der Waals surface area contributed by atoms with Gasteiger partial charge in [-0.25, -0.2) is 9.97 Å². The van der Waals surface area contributed by atoms with Gasteiger partial charge in [-0.15, -0.1) is 0 Å². The Hall–Kier alpha value is -1.75. The van der Waals surface area contributed by atoms with Crippen LogP contribution in [0.15, 0.2) is 50.2 Å². The summed E-state index contributed by atoms with van der Waals surface area (Å²) in [4.78, 5) is 21.9. The lowest BCUT2D eigenvalue weighted by atomic mass is 10.4. The molecule has 0 radical (unpaired) electrons. The molecule has 4 rings (SSSR count). The first-order valence-electron chi connectivity index (χ1n) is 10.4. The minimum atomic E-state index is -0.575. The lowest BCUT2D eigenvalue weighted by Crippen LogP contribution is -2.18. The molecule has 3 aromatic rings. The molecule has 3 N–H and O–H groups in total. The number of ether oxygens (including phenoxy) is 3. The second-order valence-electron chi connectivity index (χ2n) is 6.56. The standard InChI is InChI=1S/C7H6Br2N2O3.C7H8Br2N2O.C7H7BrN2O/c8-3-4-14-5-1-2-6(9)10-7(5)11(12)13;8-3-4-12-5-1-2-6(9)11-7(5)10;8-6-2-1-5-7(10-6)9-3-4-11-5/h1-2H,3-4H2;1-2H,3-4H2,(H2,10,11);1-2H,3-4H2,(H,9,10). The lowest BCUT2D eigenvalue weighted by Gasteiger charge is -2.17. The molecule has 16 heteroatoms. The van der Waals surface area contributed by atoms with Crippen LogP contribution in [0.2, 0.25) is 0 Å². The number of fused-ring (bicyclic) bond motifs is 1. The van der Waals surface area contributed by atoms with E-state index >= 15 is 0 Å². The highest BCUT2D eigenvalue weighted by atomic mass is 79.9. The van der Waals surface area contributed by atoms with Crippen molar-refractivity contribution in [2.45, 2.75) is 0 Å². The smallest absolute Gasteiger partial charge is 0.407 e. The molecule has 4 heterocycles. The number of nitrogen functional groups attached to an aromatic ring is 1. The molecule has 200 valence electrons. The maximum Gasteiger partial charge on any atom is 0.407 e. The number of nitrogens with two attached hydrogens (primary N) is 1. The molecular weight excluding hydrogens is 816 g/mol. The van der Waals surface area contributed by atoms with Gasteiger partial charge in [0, 0.05) is 32.7 Å². The quantitative estimate of drug-likeness (QED) is 0.119. The number of nitrogens with one attached hydrogen (secondary N) is 1. The van der Waals surface area contributed by atoms with Crippen LogP contribution in [-0.2, 0) is 0 Å². The summed E-state index contributed by atoms with van der Waals surface area (Å²) in [7, 11) is 0. The van der Waals surface area contributed by atoms with E-state index in [0.29, 0.717) is 39.3 Å². The van der Waals surface area contributed by atoms with Crippen molar-refractivity contribution >= 4 is 97.1 Å². The number of aromatic nitrogens is 3. The van der Waals surface area contributed by atoms with Crippen molar-refractivity contribution in [1.82, 2.24) is 15.0 Å². The number of halogens is 5. The minimum absolute atomic E-state index is 0.178. The second-order valence-corrected chi connectivity index (χ2v) is 10.6. The van der Waals surface area contributed by atoms with Gasteiger partial charge in [0.2, 0.25) is 10.4 Å². The number of anilines is 2. The molecule has 0 saturated carbocycles. The monoisotopic (exact) mass is 832 g/mol. The van der Waals surface area contributed by atoms with E-state index in [0.717, 1.165) is 34.7 Å². The molecule has 0 unspecified atom stereocenters. The first-order chi connectivity index (χ1) is 17.7. The van der Waals surface area contributed by atoms with Gasteiger partial charge in [0.25, 0.3) is 0 Å². The molecule has 0 spiro atoms. The highest BCUT2D eigenvalue weighted by Gasteiger charge is 2.17. The Bertz CT molecular complexity index is 1180. The molecule has 0 amide bonds. The zero-order valence-electron chi connectivity index (χ0n) is 19.0. The topological polar surface area (TPSA) is 148 Å². The van der Waals surface area contributed by atoms with Crippen molar-refractivity contribution in [1.29, 1.82) is 0 Å².